The molecule has 9 nitrogen and oxygen atoms in total. The first-order valence-corrected chi connectivity index (χ1v) is 12.6. The molecule has 0 aromatic heterocycles. The Morgan fingerprint density at radius 2 is 1.69 bits per heavy atom. The molecule has 2 atom stereocenters. The topological polar surface area (TPSA) is 148 Å². The molecule has 6 N–H and O–H groups in total. The van der Waals surface area contributed by atoms with Gasteiger partial charge in [-0.3, -0.25) is 4.72 Å². The SMILES string of the molecule is O=S(=O)(Nc1cc(OC[C@@H](O)CN[C@H](CO)Cc2ccc(O)c(Cl)c2)ccc1O)c1ccccc1. The van der Waals surface area contributed by atoms with E-state index >= 15 is 0 Å². The van der Waals surface area contributed by atoms with E-state index in [2.05, 4.69) is 10.0 Å². The van der Waals surface area contributed by atoms with Gasteiger partial charge in [-0.05, 0) is 48.4 Å². The summed E-state index contributed by atoms with van der Waals surface area (Å²) in [5.74, 6) is -0.0639. The van der Waals surface area contributed by atoms with E-state index in [9.17, 15) is 28.8 Å². The zero-order chi connectivity index (χ0) is 25.4. The third-order valence-corrected chi connectivity index (χ3v) is 6.75. The molecule has 0 aliphatic heterocycles. The average molecular weight is 523 g/mol. The molecule has 0 saturated heterocycles. The highest BCUT2D eigenvalue weighted by molar-refractivity contribution is 7.92. The standard InChI is InChI=1S/C24H27ClN2O7S/c25-21-11-16(6-8-23(21)30)10-17(14-28)26-13-18(29)15-34-19-7-9-24(31)22(12-19)27-35(32,33)20-4-2-1-3-5-20/h1-9,11-12,17-18,26-31H,10,13-15H2/t17-,18-/m0/s1. The molecule has 35 heavy (non-hydrogen) atoms. The van der Waals surface area contributed by atoms with Crippen molar-refractivity contribution < 1.29 is 33.6 Å². The van der Waals surface area contributed by atoms with E-state index in [1.165, 1.54) is 36.4 Å². The summed E-state index contributed by atoms with van der Waals surface area (Å²) in [6.45, 7) is -0.191. The van der Waals surface area contributed by atoms with Crippen LogP contribution in [0.15, 0.2) is 71.6 Å². The van der Waals surface area contributed by atoms with E-state index in [-0.39, 0.29) is 58.7 Å². The normalized spacial score (nSPS) is 13.2. The number of hydrogen-bond acceptors (Lipinski definition) is 8. The molecule has 3 aromatic rings. The molecule has 3 rings (SSSR count). The van der Waals surface area contributed by atoms with Gasteiger partial charge in [-0.1, -0.05) is 35.9 Å². The van der Waals surface area contributed by atoms with Crippen molar-refractivity contribution in [1.29, 1.82) is 0 Å². The van der Waals surface area contributed by atoms with Crippen LogP contribution in [0.5, 0.6) is 17.2 Å². The van der Waals surface area contributed by atoms with Crippen LogP contribution in [0.2, 0.25) is 5.02 Å². The number of phenols is 2. The summed E-state index contributed by atoms with van der Waals surface area (Å²) in [6, 6.07) is 16.2. The van der Waals surface area contributed by atoms with Crippen molar-refractivity contribution in [2.75, 3.05) is 24.5 Å². The molecule has 11 heteroatoms. The molecule has 0 spiro atoms. The number of rotatable bonds is 12. The summed E-state index contributed by atoms with van der Waals surface area (Å²) in [4.78, 5) is 0.0419. The lowest BCUT2D eigenvalue weighted by Crippen LogP contribution is -2.41. The molecule has 3 aromatic carbocycles. The summed E-state index contributed by atoms with van der Waals surface area (Å²) >= 11 is 5.91. The van der Waals surface area contributed by atoms with Gasteiger partial charge in [0.1, 0.15) is 30.0 Å². The zero-order valence-corrected chi connectivity index (χ0v) is 20.2. The van der Waals surface area contributed by atoms with Crippen LogP contribution in [-0.4, -0.2) is 60.7 Å². The number of aliphatic hydroxyl groups excluding tert-OH is 2. The Bertz CT molecular complexity index is 1230. The summed E-state index contributed by atoms with van der Waals surface area (Å²) < 4.78 is 32.9. The first kappa shape index (κ1) is 26.6. The number of halogens is 1. The number of benzene rings is 3. The number of sulfonamides is 1. The fraction of sp³-hybridized carbons (Fsp3) is 0.250. The number of aliphatic hydroxyl groups is 2. The van der Waals surface area contributed by atoms with E-state index in [0.717, 1.165) is 5.56 Å². The highest BCUT2D eigenvalue weighted by Gasteiger charge is 2.17. The van der Waals surface area contributed by atoms with E-state index in [4.69, 9.17) is 16.3 Å². The highest BCUT2D eigenvalue weighted by Crippen LogP contribution is 2.30. The number of anilines is 1. The van der Waals surface area contributed by atoms with Crippen molar-refractivity contribution in [3.8, 4) is 17.2 Å². The predicted octanol–water partition coefficient (Wildman–Crippen LogP) is 2.48. The van der Waals surface area contributed by atoms with Crippen LogP contribution < -0.4 is 14.8 Å². The van der Waals surface area contributed by atoms with Crippen LogP contribution in [0, 0.1) is 0 Å². The largest absolute Gasteiger partial charge is 0.506 e. The fourth-order valence-electron chi connectivity index (χ4n) is 3.21. The fourth-order valence-corrected chi connectivity index (χ4v) is 4.50. The van der Waals surface area contributed by atoms with Crippen LogP contribution in [0.4, 0.5) is 5.69 Å². The van der Waals surface area contributed by atoms with E-state index < -0.39 is 16.1 Å². The lowest BCUT2D eigenvalue weighted by Gasteiger charge is -2.20. The Labute approximate surface area is 208 Å². The summed E-state index contributed by atoms with van der Waals surface area (Å²) in [7, 11) is -3.91. The second kappa shape index (κ2) is 12.1. The monoisotopic (exact) mass is 522 g/mol. The molecule has 0 saturated carbocycles. The Morgan fingerprint density at radius 1 is 0.971 bits per heavy atom. The summed E-state index contributed by atoms with van der Waals surface area (Å²) in [6.07, 6.45) is -0.516. The molecule has 188 valence electrons. The van der Waals surface area contributed by atoms with Gasteiger partial charge in [-0.25, -0.2) is 8.42 Å². The van der Waals surface area contributed by atoms with Crippen molar-refractivity contribution in [1.82, 2.24) is 5.32 Å². The van der Waals surface area contributed by atoms with Gasteiger partial charge in [0, 0.05) is 18.7 Å². The van der Waals surface area contributed by atoms with Gasteiger partial charge >= 0.3 is 0 Å². The van der Waals surface area contributed by atoms with E-state index in [0.29, 0.717) is 6.42 Å². The minimum absolute atomic E-state index is 0.0262. The van der Waals surface area contributed by atoms with Gasteiger partial charge in [0.2, 0.25) is 0 Å². The number of hydrogen-bond donors (Lipinski definition) is 6. The first-order chi connectivity index (χ1) is 16.7. The number of ether oxygens (including phenoxy) is 1. The maximum absolute atomic E-state index is 12.5. The van der Waals surface area contributed by atoms with Crippen LogP contribution in [-0.2, 0) is 16.4 Å². The number of phenolic OH excluding ortho intramolecular Hbond substituents is 2. The molecular weight excluding hydrogens is 496 g/mol. The Balaban J connectivity index is 1.53. The summed E-state index contributed by atoms with van der Waals surface area (Å²) in [5.41, 5.74) is 0.742. The molecule has 0 aliphatic rings. The van der Waals surface area contributed by atoms with Crippen molar-refractivity contribution in [2.24, 2.45) is 0 Å². The first-order valence-electron chi connectivity index (χ1n) is 10.7. The second-order valence-electron chi connectivity index (χ2n) is 7.84. The van der Waals surface area contributed by atoms with Gasteiger partial charge in [0.15, 0.2) is 0 Å². The molecule has 0 aliphatic carbocycles. The van der Waals surface area contributed by atoms with Crippen LogP contribution in [0.1, 0.15) is 5.56 Å². The molecule has 0 unspecified atom stereocenters. The lowest BCUT2D eigenvalue weighted by atomic mass is 10.1. The van der Waals surface area contributed by atoms with Crippen molar-refractivity contribution in [2.45, 2.75) is 23.5 Å². The quantitative estimate of drug-likeness (QED) is 0.199. The minimum Gasteiger partial charge on any atom is -0.506 e. The maximum Gasteiger partial charge on any atom is 0.262 e. The van der Waals surface area contributed by atoms with Crippen LogP contribution in [0.3, 0.4) is 0 Å². The second-order valence-corrected chi connectivity index (χ2v) is 9.93. The Morgan fingerprint density at radius 3 is 2.37 bits per heavy atom. The van der Waals surface area contributed by atoms with Crippen LogP contribution >= 0.6 is 11.6 Å². The Hall–Kier alpha value is -3.02. The third kappa shape index (κ3) is 7.74. The van der Waals surface area contributed by atoms with Gasteiger partial charge in [0.25, 0.3) is 10.0 Å². The molecule has 0 bridgehead atoms. The van der Waals surface area contributed by atoms with Crippen molar-refractivity contribution in [3.63, 3.8) is 0 Å². The van der Waals surface area contributed by atoms with E-state index in [1.807, 2.05) is 0 Å². The van der Waals surface area contributed by atoms with Gasteiger partial charge in [-0.2, -0.15) is 0 Å². The maximum atomic E-state index is 12.5. The number of aromatic hydroxyl groups is 2. The Kier molecular flexibility index (Phi) is 9.19. The van der Waals surface area contributed by atoms with Crippen LogP contribution in [0.25, 0.3) is 0 Å². The summed E-state index contributed by atoms with van der Waals surface area (Å²) in [5, 5.41) is 42.7. The van der Waals surface area contributed by atoms with Gasteiger partial charge in [-0.15, -0.1) is 0 Å². The van der Waals surface area contributed by atoms with E-state index in [1.54, 1.807) is 30.3 Å². The molecule has 0 heterocycles. The smallest absolute Gasteiger partial charge is 0.262 e. The zero-order valence-electron chi connectivity index (χ0n) is 18.6. The molecular formula is C24H27ClN2O7S. The van der Waals surface area contributed by atoms with Gasteiger partial charge in [0.05, 0.1) is 22.2 Å². The highest BCUT2D eigenvalue weighted by atomic mass is 35.5. The average Bonchev–Trinajstić information content (AvgIpc) is 2.84. The predicted molar refractivity (Wildman–Crippen MR) is 133 cm³/mol. The van der Waals surface area contributed by atoms with Crippen molar-refractivity contribution in [3.05, 3.63) is 77.3 Å². The number of nitrogens with one attached hydrogen (secondary N) is 2. The minimum atomic E-state index is -3.91. The van der Waals surface area contributed by atoms with Crippen molar-refractivity contribution >= 4 is 27.3 Å². The van der Waals surface area contributed by atoms with Gasteiger partial charge < -0.3 is 30.5 Å². The lowest BCUT2D eigenvalue weighted by molar-refractivity contribution is 0.0997. The molecule has 0 amide bonds. The molecule has 0 radical (unpaired) electrons. The molecule has 0 fully saturated rings. The third-order valence-electron chi connectivity index (χ3n) is 5.06.